The third kappa shape index (κ3) is 4.86. The number of benzene rings is 4. The van der Waals surface area contributed by atoms with Gasteiger partial charge in [-0.2, -0.15) is 5.01 Å². The number of amides is 4. The largest absolute Gasteiger partial charge is 0.508 e. The highest BCUT2D eigenvalue weighted by Crippen LogP contribution is 2.64. The minimum absolute atomic E-state index is 0.0371. The number of allylic oxidation sites excluding steroid dienone is 2. The van der Waals surface area contributed by atoms with E-state index in [1.807, 2.05) is 6.08 Å². The summed E-state index contributed by atoms with van der Waals surface area (Å²) >= 11 is 6.34. The number of phenols is 1. The average Bonchev–Trinajstić information content (AvgIpc) is 3.51. The molecule has 6 atom stereocenters. The normalized spacial score (nSPS) is 26.5. The first kappa shape index (κ1) is 33.3. The third-order valence-electron chi connectivity index (χ3n) is 11.2. The van der Waals surface area contributed by atoms with Gasteiger partial charge in [0.2, 0.25) is 11.8 Å². The van der Waals surface area contributed by atoms with Crippen LogP contribution >= 0.6 is 11.6 Å². The lowest BCUT2D eigenvalue weighted by Crippen LogP contribution is -2.53. The van der Waals surface area contributed by atoms with Crippen molar-refractivity contribution in [2.45, 2.75) is 31.1 Å². The highest BCUT2D eigenvalue weighted by atomic mass is 35.5. The fourth-order valence-electron chi connectivity index (χ4n) is 8.92. The van der Waals surface area contributed by atoms with Crippen molar-refractivity contribution in [3.05, 3.63) is 136 Å². The smallest absolute Gasteiger partial charge is 0.335 e. The number of carbonyl (C=O) groups excluding carboxylic acids is 4. The van der Waals surface area contributed by atoms with Crippen molar-refractivity contribution in [1.29, 1.82) is 0 Å². The molecule has 10 nitrogen and oxygen atoms in total. The fourth-order valence-corrected chi connectivity index (χ4v) is 9.05. The standard InChI is InChI=1S/C40H31ClFN3O7/c1-20-17-21(5-16-32(20)46)34-28-14-15-29-33(37(49)44(35(29)47)27-4-2-3-22(18-27)38(50)51)30(28)19-31-36(48)45(43-26-12-10-25(42)11-13-26)39(52)40(31,34)23-6-8-24(41)9-7-23/h2-14,16-18,29-31,33-34,43,46H,15,19H2,1H3,(H,50,51)/t29-,30+,31-,33-,34-,40+/m0/s1. The van der Waals surface area contributed by atoms with Gasteiger partial charge in [0.25, 0.3) is 11.8 Å². The van der Waals surface area contributed by atoms with Crippen LogP contribution in [-0.2, 0) is 24.6 Å². The average molecular weight is 720 g/mol. The van der Waals surface area contributed by atoms with Gasteiger partial charge in [0, 0.05) is 10.9 Å². The lowest BCUT2D eigenvalue weighted by Gasteiger charge is -2.50. The van der Waals surface area contributed by atoms with Crippen molar-refractivity contribution in [3.63, 3.8) is 0 Å². The number of aryl methyl sites for hydroxylation is 1. The number of nitrogens with zero attached hydrogens (tertiary/aromatic N) is 2. The number of carboxylic acids is 1. The van der Waals surface area contributed by atoms with E-state index in [4.69, 9.17) is 11.6 Å². The predicted molar refractivity (Wildman–Crippen MR) is 188 cm³/mol. The fraction of sp³-hybridized carbons (Fsp3) is 0.225. The van der Waals surface area contributed by atoms with Gasteiger partial charge in [-0.05, 0) is 103 Å². The molecule has 4 aliphatic rings. The van der Waals surface area contributed by atoms with Crippen LogP contribution in [0.15, 0.2) is 103 Å². The van der Waals surface area contributed by atoms with Crippen molar-refractivity contribution in [2.75, 3.05) is 10.3 Å². The van der Waals surface area contributed by atoms with E-state index < -0.39 is 70.4 Å². The van der Waals surface area contributed by atoms with E-state index in [9.17, 15) is 33.8 Å². The first-order chi connectivity index (χ1) is 24.9. The summed E-state index contributed by atoms with van der Waals surface area (Å²) in [5.74, 6) is -7.97. The van der Waals surface area contributed by atoms with Crippen molar-refractivity contribution in [2.24, 2.45) is 23.7 Å². The molecule has 4 amide bonds. The van der Waals surface area contributed by atoms with E-state index in [0.29, 0.717) is 33.0 Å². The summed E-state index contributed by atoms with van der Waals surface area (Å²) in [6.07, 6.45) is 2.12. The number of anilines is 2. The number of hydrogen-bond donors (Lipinski definition) is 3. The van der Waals surface area contributed by atoms with Crippen LogP contribution in [0, 0.1) is 36.4 Å². The van der Waals surface area contributed by atoms with Crippen LogP contribution in [0.5, 0.6) is 5.75 Å². The van der Waals surface area contributed by atoms with E-state index in [2.05, 4.69) is 5.43 Å². The third-order valence-corrected chi connectivity index (χ3v) is 11.4. The highest BCUT2D eigenvalue weighted by molar-refractivity contribution is 6.30. The summed E-state index contributed by atoms with van der Waals surface area (Å²) < 4.78 is 13.8. The molecular formula is C40H31ClFN3O7. The summed E-state index contributed by atoms with van der Waals surface area (Å²) in [5.41, 5.74) is 4.10. The monoisotopic (exact) mass is 719 g/mol. The summed E-state index contributed by atoms with van der Waals surface area (Å²) in [4.78, 5) is 71.2. The first-order valence-electron chi connectivity index (χ1n) is 16.8. The molecule has 0 bridgehead atoms. The molecule has 1 saturated carbocycles. The van der Waals surface area contributed by atoms with E-state index in [1.54, 1.807) is 43.3 Å². The second kappa shape index (κ2) is 12.2. The molecule has 4 aromatic carbocycles. The topological polar surface area (TPSA) is 144 Å². The Balaban J connectivity index is 1.31. The molecule has 4 aromatic rings. The zero-order chi connectivity index (χ0) is 36.6. The Hall–Kier alpha value is -5.81. The molecule has 0 aromatic heterocycles. The molecular weight excluding hydrogens is 689 g/mol. The van der Waals surface area contributed by atoms with Crippen LogP contribution in [0.4, 0.5) is 15.8 Å². The zero-order valence-electron chi connectivity index (χ0n) is 27.6. The summed E-state index contributed by atoms with van der Waals surface area (Å²) in [5, 5.41) is 21.5. The molecule has 2 saturated heterocycles. The van der Waals surface area contributed by atoms with Gasteiger partial charge in [0.1, 0.15) is 11.6 Å². The Morgan fingerprint density at radius 2 is 1.63 bits per heavy atom. The molecule has 3 fully saturated rings. The number of carbonyl (C=O) groups is 5. The van der Waals surface area contributed by atoms with E-state index in [1.165, 1.54) is 54.6 Å². The van der Waals surface area contributed by atoms with Crippen LogP contribution in [0.2, 0.25) is 5.02 Å². The molecule has 3 N–H and O–H groups in total. The van der Waals surface area contributed by atoms with Crippen LogP contribution in [0.25, 0.3) is 0 Å². The summed E-state index contributed by atoms with van der Waals surface area (Å²) in [6, 6.07) is 22.6. The Labute approximate surface area is 302 Å². The van der Waals surface area contributed by atoms with Gasteiger partial charge in [0.15, 0.2) is 0 Å². The number of hydrogen-bond acceptors (Lipinski definition) is 7. The van der Waals surface area contributed by atoms with Crippen LogP contribution < -0.4 is 10.3 Å². The molecule has 2 aliphatic carbocycles. The van der Waals surface area contributed by atoms with Crippen LogP contribution in [0.3, 0.4) is 0 Å². The Kier molecular flexibility index (Phi) is 7.80. The second-order valence-corrected chi connectivity index (χ2v) is 14.2. The number of aromatic hydroxyl groups is 1. The zero-order valence-corrected chi connectivity index (χ0v) is 28.4. The number of halogens is 2. The quantitative estimate of drug-likeness (QED) is 0.154. The van der Waals surface area contributed by atoms with Gasteiger partial charge in [-0.3, -0.25) is 29.5 Å². The van der Waals surface area contributed by atoms with Gasteiger partial charge in [-0.25, -0.2) is 9.18 Å². The Bertz CT molecular complexity index is 2240. The van der Waals surface area contributed by atoms with Crippen LogP contribution in [0.1, 0.15) is 45.8 Å². The van der Waals surface area contributed by atoms with Crippen molar-refractivity contribution in [3.8, 4) is 5.75 Å². The maximum absolute atomic E-state index is 15.2. The number of aromatic carboxylic acids is 1. The number of fused-ring (bicyclic) bond motifs is 4. The number of carboxylic acid groups (broad SMARTS) is 1. The Morgan fingerprint density at radius 1 is 0.904 bits per heavy atom. The van der Waals surface area contributed by atoms with Gasteiger partial charge in [-0.15, -0.1) is 0 Å². The number of hydrazine groups is 1. The lowest BCUT2D eigenvalue weighted by molar-refractivity contribution is -0.138. The summed E-state index contributed by atoms with van der Waals surface area (Å²) in [6.45, 7) is 1.73. The van der Waals surface area contributed by atoms with Gasteiger partial charge < -0.3 is 10.2 Å². The van der Waals surface area contributed by atoms with Gasteiger partial charge in [0.05, 0.1) is 40.1 Å². The van der Waals surface area contributed by atoms with E-state index in [0.717, 1.165) is 9.91 Å². The SMILES string of the molecule is Cc1cc([C@H]2C3=CC[C@@H]4C(=O)N(c5cccc(C(=O)O)c5)C(=O)[C@@H]4[C@@H]3C[C@H]3C(=O)N(Nc4ccc(F)cc4)C(=O)[C@@]23c2ccc(Cl)cc2)ccc1O. The minimum Gasteiger partial charge on any atom is -0.508 e. The van der Waals surface area contributed by atoms with Crippen molar-refractivity contribution >= 4 is 52.6 Å². The van der Waals surface area contributed by atoms with Crippen LogP contribution in [-0.4, -0.2) is 44.8 Å². The van der Waals surface area contributed by atoms with Gasteiger partial charge in [-0.1, -0.05) is 53.6 Å². The molecule has 2 aliphatic heterocycles. The number of imide groups is 2. The second-order valence-electron chi connectivity index (χ2n) is 13.8. The highest BCUT2D eigenvalue weighted by Gasteiger charge is 2.70. The number of rotatable bonds is 6. The molecule has 262 valence electrons. The predicted octanol–water partition coefficient (Wildman–Crippen LogP) is 6.38. The maximum Gasteiger partial charge on any atom is 0.335 e. The molecule has 52 heavy (non-hydrogen) atoms. The maximum atomic E-state index is 15.2. The molecule has 0 spiro atoms. The Morgan fingerprint density at radius 3 is 2.33 bits per heavy atom. The molecule has 12 heteroatoms. The minimum atomic E-state index is -1.56. The molecule has 2 heterocycles. The lowest BCUT2D eigenvalue weighted by atomic mass is 9.49. The molecule has 8 rings (SSSR count). The number of phenolic OH excluding ortho intramolecular Hbond substituents is 1. The molecule has 0 unspecified atom stereocenters. The number of nitrogens with one attached hydrogen (secondary N) is 1. The van der Waals surface area contributed by atoms with E-state index >= 15 is 4.79 Å². The van der Waals surface area contributed by atoms with Gasteiger partial charge >= 0.3 is 5.97 Å². The summed E-state index contributed by atoms with van der Waals surface area (Å²) in [7, 11) is 0. The van der Waals surface area contributed by atoms with Crippen molar-refractivity contribution in [1.82, 2.24) is 5.01 Å². The molecule has 0 radical (unpaired) electrons. The van der Waals surface area contributed by atoms with Crippen molar-refractivity contribution < 1.29 is 38.6 Å². The van der Waals surface area contributed by atoms with E-state index in [-0.39, 0.29) is 29.8 Å². The first-order valence-corrected chi connectivity index (χ1v) is 17.2.